The van der Waals surface area contributed by atoms with Crippen LogP contribution in [-0.4, -0.2) is 67.7 Å². The number of rotatable bonds is 5. The molecule has 5 nitrogen and oxygen atoms in total. The van der Waals surface area contributed by atoms with E-state index in [0.29, 0.717) is 35.0 Å². The van der Waals surface area contributed by atoms with Crippen molar-refractivity contribution in [2.24, 2.45) is 5.41 Å². The minimum Gasteiger partial charge on any atom is -0.489 e. The fraction of sp³-hybridized carbons (Fsp3) is 0.696. The van der Waals surface area contributed by atoms with Crippen molar-refractivity contribution >= 4 is 17.5 Å². The molecule has 2 fully saturated rings. The van der Waals surface area contributed by atoms with Crippen LogP contribution in [0.5, 0.6) is 5.75 Å². The summed E-state index contributed by atoms with van der Waals surface area (Å²) >= 11 is 6.47. The maximum absolute atomic E-state index is 12.8. The van der Waals surface area contributed by atoms with E-state index < -0.39 is 0 Å². The third kappa shape index (κ3) is 6.34. The van der Waals surface area contributed by atoms with Gasteiger partial charge in [-0.3, -0.25) is 4.79 Å². The standard InChI is InChI=1S/C23H35ClN2O3/c1-23(2,3)16-26-11-7-19(8-12-26)29-21-6-5-17(15-20(21)24)22(27)25(4)18-9-13-28-14-10-18/h5-6,15,18-19H,7-14,16H2,1-4H3. The molecule has 3 rings (SSSR count). The SMILES string of the molecule is CN(C(=O)c1ccc(OC2CCN(CC(C)(C)C)CC2)c(Cl)c1)C1CCOCC1. The smallest absolute Gasteiger partial charge is 0.253 e. The first-order valence-corrected chi connectivity index (χ1v) is 11.1. The molecular weight excluding hydrogens is 388 g/mol. The Labute approximate surface area is 180 Å². The van der Waals surface area contributed by atoms with Gasteiger partial charge in [0.25, 0.3) is 5.91 Å². The molecule has 0 N–H and O–H groups in total. The van der Waals surface area contributed by atoms with Crippen molar-refractivity contribution in [3.05, 3.63) is 28.8 Å². The first-order valence-electron chi connectivity index (χ1n) is 10.8. The molecule has 1 aromatic carbocycles. The molecule has 0 aromatic heterocycles. The van der Waals surface area contributed by atoms with E-state index in [1.807, 2.05) is 24.1 Å². The van der Waals surface area contributed by atoms with Crippen LogP contribution in [0.4, 0.5) is 0 Å². The molecule has 2 saturated heterocycles. The van der Waals surface area contributed by atoms with Gasteiger partial charge in [0.1, 0.15) is 11.9 Å². The second-order valence-corrected chi connectivity index (χ2v) is 9.97. The van der Waals surface area contributed by atoms with Crippen molar-refractivity contribution in [2.75, 3.05) is 39.9 Å². The van der Waals surface area contributed by atoms with Gasteiger partial charge in [-0.15, -0.1) is 0 Å². The Morgan fingerprint density at radius 2 is 1.86 bits per heavy atom. The number of benzene rings is 1. The van der Waals surface area contributed by atoms with E-state index in [-0.39, 0.29) is 18.1 Å². The van der Waals surface area contributed by atoms with Gasteiger partial charge in [0.05, 0.1) is 5.02 Å². The maximum Gasteiger partial charge on any atom is 0.253 e. The number of ether oxygens (including phenoxy) is 2. The number of piperidine rings is 1. The fourth-order valence-corrected chi connectivity index (χ4v) is 4.43. The highest BCUT2D eigenvalue weighted by atomic mass is 35.5. The molecule has 2 aliphatic heterocycles. The first kappa shape index (κ1) is 22.4. The molecule has 1 amide bonds. The maximum atomic E-state index is 12.8. The summed E-state index contributed by atoms with van der Waals surface area (Å²) in [7, 11) is 1.86. The van der Waals surface area contributed by atoms with Gasteiger partial charge in [-0.05, 0) is 49.3 Å². The van der Waals surface area contributed by atoms with Gasteiger partial charge in [0.2, 0.25) is 0 Å². The van der Waals surface area contributed by atoms with Gasteiger partial charge in [-0.1, -0.05) is 32.4 Å². The van der Waals surface area contributed by atoms with E-state index >= 15 is 0 Å². The van der Waals surface area contributed by atoms with E-state index in [1.165, 1.54) is 0 Å². The highest BCUT2D eigenvalue weighted by Crippen LogP contribution is 2.30. The van der Waals surface area contributed by atoms with Gasteiger partial charge in [-0.25, -0.2) is 0 Å². The largest absolute Gasteiger partial charge is 0.489 e. The number of carbonyl (C=O) groups is 1. The molecule has 0 spiro atoms. The lowest BCUT2D eigenvalue weighted by Crippen LogP contribution is -2.42. The monoisotopic (exact) mass is 422 g/mol. The lowest BCUT2D eigenvalue weighted by Gasteiger charge is -2.36. The van der Waals surface area contributed by atoms with Gasteiger partial charge < -0.3 is 19.3 Å². The number of hydrogen-bond acceptors (Lipinski definition) is 4. The second kappa shape index (κ2) is 9.67. The molecule has 29 heavy (non-hydrogen) atoms. The summed E-state index contributed by atoms with van der Waals surface area (Å²) in [4.78, 5) is 17.2. The van der Waals surface area contributed by atoms with Crippen molar-refractivity contribution in [1.82, 2.24) is 9.80 Å². The van der Waals surface area contributed by atoms with Crippen LogP contribution in [0.1, 0.15) is 56.8 Å². The molecule has 0 saturated carbocycles. The summed E-state index contributed by atoms with van der Waals surface area (Å²) in [5.74, 6) is 0.673. The van der Waals surface area contributed by atoms with Crippen molar-refractivity contribution in [2.45, 2.75) is 58.6 Å². The molecule has 0 radical (unpaired) electrons. The van der Waals surface area contributed by atoms with Crippen molar-refractivity contribution in [1.29, 1.82) is 0 Å². The number of likely N-dealkylation sites (tertiary alicyclic amines) is 1. The van der Waals surface area contributed by atoms with Crippen LogP contribution in [-0.2, 0) is 4.74 Å². The number of halogens is 1. The van der Waals surface area contributed by atoms with E-state index in [9.17, 15) is 4.79 Å². The van der Waals surface area contributed by atoms with Gasteiger partial charge in [-0.2, -0.15) is 0 Å². The Hall–Kier alpha value is -1.30. The van der Waals surface area contributed by atoms with Crippen LogP contribution in [0.25, 0.3) is 0 Å². The molecule has 6 heteroatoms. The molecule has 0 unspecified atom stereocenters. The van der Waals surface area contributed by atoms with Crippen LogP contribution >= 0.6 is 11.6 Å². The summed E-state index contributed by atoms with van der Waals surface area (Å²) in [5.41, 5.74) is 0.924. The minimum atomic E-state index is 0.000776. The second-order valence-electron chi connectivity index (χ2n) is 9.56. The normalized spacial score (nSPS) is 19.9. The Morgan fingerprint density at radius 3 is 2.45 bits per heavy atom. The fourth-order valence-electron chi connectivity index (χ4n) is 4.21. The third-order valence-corrected chi connectivity index (χ3v) is 6.06. The quantitative estimate of drug-likeness (QED) is 0.701. The molecule has 1 aromatic rings. The topological polar surface area (TPSA) is 42.0 Å². The highest BCUT2D eigenvalue weighted by Gasteiger charge is 2.26. The average Bonchev–Trinajstić information content (AvgIpc) is 2.69. The van der Waals surface area contributed by atoms with Crippen LogP contribution < -0.4 is 4.74 Å². The Balaban J connectivity index is 1.55. The number of hydrogen-bond donors (Lipinski definition) is 0. The van der Waals surface area contributed by atoms with Crippen molar-refractivity contribution in [3.8, 4) is 5.75 Å². The third-order valence-electron chi connectivity index (χ3n) is 5.76. The molecular formula is C23H35ClN2O3. The predicted octanol–water partition coefficient (Wildman–Crippen LogP) is 4.48. The predicted molar refractivity (Wildman–Crippen MR) is 117 cm³/mol. The van der Waals surface area contributed by atoms with E-state index in [1.54, 1.807) is 6.07 Å². The molecule has 0 aliphatic carbocycles. The van der Waals surface area contributed by atoms with Crippen LogP contribution in [0.2, 0.25) is 5.02 Å². The average molecular weight is 423 g/mol. The first-order chi connectivity index (χ1) is 13.7. The number of amides is 1. The van der Waals surface area contributed by atoms with Gasteiger partial charge in [0, 0.05) is 51.5 Å². The lowest BCUT2D eigenvalue weighted by molar-refractivity contribution is 0.0362. The Bertz CT molecular complexity index is 690. The zero-order valence-electron chi connectivity index (χ0n) is 18.2. The minimum absolute atomic E-state index is 0.000776. The van der Waals surface area contributed by atoms with Crippen LogP contribution in [0, 0.1) is 5.41 Å². The zero-order chi connectivity index (χ0) is 21.0. The molecule has 2 aliphatic rings. The van der Waals surface area contributed by atoms with E-state index in [2.05, 4.69) is 25.7 Å². The van der Waals surface area contributed by atoms with Gasteiger partial charge >= 0.3 is 0 Å². The summed E-state index contributed by atoms with van der Waals surface area (Å²) in [6.45, 7) is 11.5. The molecule has 2 heterocycles. The van der Waals surface area contributed by atoms with E-state index in [4.69, 9.17) is 21.1 Å². The summed E-state index contributed by atoms with van der Waals surface area (Å²) in [6.07, 6.45) is 3.94. The number of nitrogens with zero attached hydrogens (tertiary/aromatic N) is 2. The molecule has 162 valence electrons. The van der Waals surface area contributed by atoms with Gasteiger partial charge in [0.15, 0.2) is 0 Å². The summed E-state index contributed by atoms with van der Waals surface area (Å²) in [5, 5.41) is 0.508. The van der Waals surface area contributed by atoms with Crippen LogP contribution in [0.15, 0.2) is 18.2 Å². The van der Waals surface area contributed by atoms with Crippen molar-refractivity contribution in [3.63, 3.8) is 0 Å². The Kier molecular flexibility index (Phi) is 7.47. The van der Waals surface area contributed by atoms with Crippen LogP contribution in [0.3, 0.4) is 0 Å². The summed E-state index contributed by atoms with van der Waals surface area (Å²) in [6, 6.07) is 5.64. The van der Waals surface area contributed by atoms with Crippen molar-refractivity contribution < 1.29 is 14.3 Å². The zero-order valence-corrected chi connectivity index (χ0v) is 19.0. The lowest BCUT2D eigenvalue weighted by atomic mass is 9.94. The highest BCUT2D eigenvalue weighted by molar-refractivity contribution is 6.32. The molecule has 0 bridgehead atoms. The summed E-state index contributed by atoms with van der Waals surface area (Å²) < 4.78 is 11.6. The Morgan fingerprint density at radius 1 is 1.21 bits per heavy atom. The molecule has 0 atom stereocenters. The van der Waals surface area contributed by atoms with E-state index in [0.717, 1.165) is 45.3 Å². The number of carbonyl (C=O) groups excluding carboxylic acids is 1.